The van der Waals surface area contributed by atoms with Crippen LogP contribution in [-0.2, 0) is 19.9 Å². The van der Waals surface area contributed by atoms with E-state index in [2.05, 4.69) is 4.98 Å². The highest BCUT2D eigenvalue weighted by Crippen LogP contribution is 2.43. The summed E-state index contributed by atoms with van der Waals surface area (Å²) in [5.74, 6) is -0.214. The number of methoxy groups -OCH3 is 2. The summed E-state index contributed by atoms with van der Waals surface area (Å²) >= 11 is 0. The lowest BCUT2D eigenvalue weighted by Crippen LogP contribution is -2.45. The van der Waals surface area contributed by atoms with E-state index in [-0.39, 0.29) is 17.7 Å². The zero-order chi connectivity index (χ0) is 35.7. The Bertz CT molecular complexity index is 2080. The molecule has 0 aliphatic carbocycles. The molecule has 2 aliphatic rings. The lowest BCUT2D eigenvalue weighted by atomic mass is 9.80. The summed E-state index contributed by atoms with van der Waals surface area (Å²) < 4.78 is 25.1. The molecule has 0 saturated carbocycles. The molecular formula is C38H33N3O10. The van der Waals surface area contributed by atoms with E-state index in [0.717, 1.165) is 27.3 Å². The molecule has 0 spiro atoms. The van der Waals surface area contributed by atoms with Gasteiger partial charge in [0.2, 0.25) is 0 Å². The van der Waals surface area contributed by atoms with Gasteiger partial charge in [0.1, 0.15) is 29.3 Å². The summed E-state index contributed by atoms with van der Waals surface area (Å²) in [7, 11) is 3.14. The number of hydrogen-bond donors (Lipinski definition) is 2. The van der Waals surface area contributed by atoms with Crippen LogP contribution >= 0.6 is 0 Å². The van der Waals surface area contributed by atoms with Gasteiger partial charge in [0, 0.05) is 12.3 Å². The first-order chi connectivity index (χ1) is 24.7. The number of fused-ring (bicyclic) bond motifs is 1. The van der Waals surface area contributed by atoms with E-state index in [1.807, 2.05) is 78.9 Å². The molecule has 5 aromatic rings. The van der Waals surface area contributed by atoms with Crippen LogP contribution in [0.15, 0.2) is 125 Å². The highest BCUT2D eigenvalue weighted by Gasteiger charge is 2.51. The molecule has 2 N–H and O–H groups in total. The van der Waals surface area contributed by atoms with Crippen LogP contribution in [0.2, 0.25) is 0 Å². The second-order valence-corrected chi connectivity index (χ2v) is 11.9. The van der Waals surface area contributed by atoms with Gasteiger partial charge in [-0.05, 0) is 53.1 Å². The lowest BCUT2D eigenvalue weighted by Gasteiger charge is -2.37. The first-order valence-electron chi connectivity index (χ1n) is 16.0. The van der Waals surface area contributed by atoms with Gasteiger partial charge in [-0.25, -0.2) is 4.79 Å². The van der Waals surface area contributed by atoms with Gasteiger partial charge in [0.05, 0.1) is 32.0 Å². The van der Waals surface area contributed by atoms with Crippen LogP contribution in [0.25, 0.3) is 0 Å². The molecule has 7 rings (SSSR count). The number of rotatable bonds is 11. The van der Waals surface area contributed by atoms with Crippen molar-refractivity contribution in [3.63, 3.8) is 0 Å². The Labute approximate surface area is 291 Å². The fourth-order valence-corrected chi connectivity index (χ4v) is 6.49. The van der Waals surface area contributed by atoms with Gasteiger partial charge in [-0.3, -0.25) is 28.8 Å². The third-order valence-electron chi connectivity index (χ3n) is 9.06. The summed E-state index contributed by atoms with van der Waals surface area (Å²) in [6.45, 7) is -0.273. The summed E-state index contributed by atoms with van der Waals surface area (Å²) in [6, 6.07) is 31.5. The quantitative estimate of drug-likeness (QED) is 0.155. The van der Waals surface area contributed by atoms with Crippen molar-refractivity contribution in [2.24, 2.45) is 0 Å². The zero-order valence-corrected chi connectivity index (χ0v) is 27.5. The van der Waals surface area contributed by atoms with Gasteiger partial charge in [-0.2, -0.15) is 0 Å². The Balaban J connectivity index is 1.28. The Morgan fingerprint density at radius 1 is 0.725 bits per heavy atom. The Morgan fingerprint density at radius 3 is 1.78 bits per heavy atom. The smallest absolute Gasteiger partial charge is 0.330 e. The van der Waals surface area contributed by atoms with Crippen LogP contribution in [-0.4, -0.2) is 70.7 Å². The van der Waals surface area contributed by atoms with Crippen molar-refractivity contribution in [1.82, 2.24) is 14.6 Å². The van der Waals surface area contributed by atoms with Crippen molar-refractivity contribution >= 4 is 11.8 Å². The van der Waals surface area contributed by atoms with Gasteiger partial charge in [-0.15, -0.1) is 5.06 Å². The number of ether oxygens (including phenoxy) is 4. The normalized spacial score (nSPS) is 20.0. The molecule has 13 heteroatoms. The number of carbonyl (C=O) groups is 2. The highest BCUT2D eigenvalue weighted by molar-refractivity contribution is 6.20. The minimum absolute atomic E-state index is 0.125. The Kier molecular flexibility index (Phi) is 9.10. The maximum Gasteiger partial charge on any atom is 0.330 e. The third kappa shape index (κ3) is 6.02. The Hall–Kier alpha value is -5.86. The molecule has 2 aliphatic heterocycles. The molecule has 3 heterocycles. The van der Waals surface area contributed by atoms with Crippen molar-refractivity contribution in [2.45, 2.75) is 30.1 Å². The van der Waals surface area contributed by atoms with E-state index >= 15 is 0 Å². The molecule has 51 heavy (non-hydrogen) atoms. The maximum atomic E-state index is 13.3. The number of aliphatic hydroxyl groups excluding tert-OH is 1. The molecule has 260 valence electrons. The summed E-state index contributed by atoms with van der Waals surface area (Å²) in [5.41, 5.74) is -0.347. The molecule has 13 nitrogen and oxygen atoms in total. The van der Waals surface area contributed by atoms with Crippen LogP contribution in [0.4, 0.5) is 0 Å². The standard InChI is InChI=1S/C38H33N3O10/c1-47-26-16-12-24(13-17-26)38(23-8-4-3-5-9-23,25-14-18-27(48-2)19-15-25)49-22-30-32(43)33(36(50-30)40-21-20-31(42)39-37(40)46)51-41-34(44)28-10-6-7-11-29(28)35(41)45/h3-21,30,32-33,36,43H,22H2,1-2H3,(H,39,42,46)/t30-,32-,33-,36-/m1/s1. The van der Waals surface area contributed by atoms with Crippen LogP contribution in [0.5, 0.6) is 11.5 Å². The summed E-state index contributed by atoms with van der Waals surface area (Å²) in [4.78, 5) is 59.5. The number of hydrogen-bond acceptors (Lipinski definition) is 10. The van der Waals surface area contributed by atoms with Gasteiger partial charge >= 0.3 is 5.69 Å². The number of aliphatic hydroxyl groups is 1. The fourth-order valence-electron chi connectivity index (χ4n) is 6.49. The first-order valence-corrected chi connectivity index (χ1v) is 16.0. The lowest BCUT2D eigenvalue weighted by molar-refractivity contribution is -0.178. The first kappa shape index (κ1) is 33.6. The molecule has 1 saturated heterocycles. The molecule has 4 aromatic carbocycles. The zero-order valence-electron chi connectivity index (χ0n) is 27.5. The van der Waals surface area contributed by atoms with Crippen molar-refractivity contribution in [3.8, 4) is 11.5 Å². The molecular weight excluding hydrogens is 658 g/mol. The third-order valence-corrected chi connectivity index (χ3v) is 9.06. The molecule has 1 fully saturated rings. The number of benzene rings is 4. The average molecular weight is 692 g/mol. The second-order valence-electron chi connectivity index (χ2n) is 11.9. The number of nitrogens with zero attached hydrogens (tertiary/aromatic N) is 2. The molecule has 0 bridgehead atoms. The van der Waals surface area contributed by atoms with Gasteiger partial charge in [-0.1, -0.05) is 66.7 Å². The Morgan fingerprint density at radius 2 is 1.25 bits per heavy atom. The topological polar surface area (TPSA) is 159 Å². The summed E-state index contributed by atoms with van der Waals surface area (Å²) in [6.07, 6.45) is -4.40. The van der Waals surface area contributed by atoms with E-state index in [9.17, 15) is 24.3 Å². The predicted molar refractivity (Wildman–Crippen MR) is 181 cm³/mol. The van der Waals surface area contributed by atoms with E-state index in [0.29, 0.717) is 16.6 Å². The maximum absolute atomic E-state index is 13.3. The van der Waals surface area contributed by atoms with Crippen LogP contribution in [0.1, 0.15) is 43.6 Å². The van der Waals surface area contributed by atoms with Crippen molar-refractivity contribution in [1.29, 1.82) is 0 Å². The fraction of sp³-hybridized carbons (Fsp3) is 0.211. The molecule has 2 amide bonds. The SMILES string of the molecule is COc1ccc(C(OC[C@H]2O[C@@H](n3ccc(=O)[nH]c3=O)[C@H](ON3C(=O)c4ccccc4C3=O)[C@@H]2O)(c2ccccc2)c2ccc(OC)cc2)cc1. The minimum Gasteiger partial charge on any atom is -0.497 e. The number of aromatic nitrogens is 2. The largest absolute Gasteiger partial charge is 0.497 e. The monoisotopic (exact) mass is 691 g/mol. The molecule has 0 unspecified atom stereocenters. The van der Waals surface area contributed by atoms with Gasteiger partial charge < -0.3 is 24.1 Å². The van der Waals surface area contributed by atoms with Gasteiger partial charge in [0.25, 0.3) is 17.4 Å². The molecule has 1 aromatic heterocycles. The number of amides is 2. The van der Waals surface area contributed by atoms with E-state index in [1.165, 1.54) is 18.3 Å². The average Bonchev–Trinajstić information content (AvgIpc) is 3.60. The minimum atomic E-state index is -1.54. The number of aromatic amines is 1. The number of imide groups is 1. The number of nitrogens with one attached hydrogen (secondary N) is 1. The van der Waals surface area contributed by atoms with Crippen molar-refractivity contribution < 1.29 is 38.5 Å². The van der Waals surface area contributed by atoms with Gasteiger partial charge in [0.15, 0.2) is 12.3 Å². The predicted octanol–water partition coefficient (Wildman–Crippen LogP) is 3.42. The number of carbonyl (C=O) groups excluding carboxylic acids is 2. The van der Waals surface area contributed by atoms with Crippen LogP contribution in [0.3, 0.4) is 0 Å². The number of H-pyrrole nitrogens is 1. The van der Waals surface area contributed by atoms with Crippen molar-refractivity contribution in [2.75, 3.05) is 20.8 Å². The molecule has 0 radical (unpaired) electrons. The highest BCUT2D eigenvalue weighted by atomic mass is 16.7. The number of hydroxylamine groups is 2. The van der Waals surface area contributed by atoms with Crippen molar-refractivity contribution in [3.05, 3.63) is 164 Å². The second kappa shape index (κ2) is 13.8. The van der Waals surface area contributed by atoms with Crippen LogP contribution in [0, 0.1) is 0 Å². The molecule has 4 atom stereocenters. The summed E-state index contributed by atoms with van der Waals surface area (Å²) in [5, 5.41) is 12.4. The van der Waals surface area contributed by atoms with E-state index in [1.54, 1.807) is 26.4 Å². The van der Waals surface area contributed by atoms with E-state index in [4.69, 9.17) is 23.8 Å². The van der Waals surface area contributed by atoms with Crippen LogP contribution < -0.4 is 20.7 Å². The van der Waals surface area contributed by atoms with E-state index < -0.39 is 53.2 Å².